The number of esters is 1. The zero-order chi connectivity index (χ0) is 14.1. The molecule has 0 aliphatic carbocycles. The van der Waals surface area contributed by atoms with Crippen LogP contribution < -0.4 is 4.74 Å². The maximum atomic E-state index is 13.4. The SMILES string of the molecule is CCOC(=O)C1Oc2ccc(F)cc2-c2ccccc21. The Morgan fingerprint density at radius 1 is 1.25 bits per heavy atom. The Labute approximate surface area is 115 Å². The number of benzene rings is 2. The van der Waals surface area contributed by atoms with Crippen LogP contribution in [0.1, 0.15) is 18.6 Å². The molecule has 1 atom stereocenters. The number of ether oxygens (including phenoxy) is 2. The zero-order valence-corrected chi connectivity index (χ0v) is 10.9. The molecule has 0 N–H and O–H groups in total. The van der Waals surface area contributed by atoms with Gasteiger partial charge < -0.3 is 9.47 Å². The van der Waals surface area contributed by atoms with Crippen LogP contribution in [0, 0.1) is 5.82 Å². The summed E-state index contributed by atoms with van der Waals surface area (Å²) in [4.78, 5) is 12.0. The van der Waals surface area contributed by atoms with E-state index in [9.17, 15) is 9.18 Å². The summed E-state index contributed by atoms with van der Waals surface area (Å²) in [6.07, 6.45) is -0.802. The molecule has 3 rings (SSSR count). The first-order chi connectivity index (χ1) is 9.70. The monoisotopic (exact) mass is 272 g/mol. The second-order valence-electron chi connectivity index (χ2n) is 4.48. The standard InChI is InChI=1S/C16H13FO3/c1-2-19-16(18)15-12-6-4-3-5-11(12)13-9-10(17)7-8-14(13)20-15/h3-9,15H,2H2,1H3. The number of halogens is 1. The molecule has 0 saturated heterocycles. The van der Waals surface area contributed by atoms with Gasteiger partial charge in [-0.25, -0.2) is 9.18 Å². The van der Waals surface area contributed by atoms with E-state index < -0.39 is 12.1 Å². The van der Waals surface area contributed by atoms with Gasteiger partial charge in [0.1, 0.15) is 11.6 Å². The van der Waals surface area contributed by atoms with Gasteiger partial charge in [0, 0.05) is 11.1 Å². The lowest BCUT2D eigenvalue weighted by Gasteiger charge is -2.27. The van der Waals surface area contributed by atoms with Gasteiger partial charge in [-0.3, -0.25) is 0 Å². The molecule has 4 heteroatoms. The Morgan fingerprint density at radius 2 is 2.05 bits per heavy atom. The van der Waals surface area contributed by atoms with Crippen LogP contribution in [0.3, 0.4) is 0 Å². The molecule has 3 nitrogen and oxygen atoms in total. The minimum absolute atomic E-state index is 0.289. The van der Waals surface area contributed by atoms with E-state index in [0.717, 1.165) is 5.56 Å². The highest BCUT2D eigenvalue weighted by molar-refractivity contribution is 5.85. The highest BCUT2D eigenvalue weighted by atomic mass is 19.1. The molecule has 2 aromatic carbocycles. The number of hydrogen-bond donors (Lipinski definition) is 0. The van der Waals surface area contributed by atoms with E-state index in [-0.39, 0.29) is 12.4 Å². The van der Waals surface area contributed by atoms with Crippen molar-refractivity contribution < 1.29 is 18.7 Å². The normalized spacial score (nSPS) is 15.8. The topological polar surface area (TPSA) is 35.5 Å². The van der Waals surface area contributed by atoms with E-state index in [1.165, 1.54) is 18.2 Å². The molecule has 1 heterocycles. The lowest BCUT2D eigenvalue weighted by atomic mass is 9.93. The van der Waals surface area contributed by atoms with Crippen molar-refractivity contribution in [2.24, 2.45) is 0 Å². The van der Waals surface area contributed by atoms with Gasteiger partial charge in [0.05, 0.1) is 6.61 Å². The summed E-state index contributed by atoms with van der Waals surface area (Å²) in [5.41, 5.74) is 2.15. The zero-order valence-electron chi connectivity index (χ0n) is 10.9. The predicted molar refractivity (Wildman–Crippen MR) is 71.8 cm³/mol. The fourth-order valence-corrected chi connectivity index (χ4v) is 2.37. The lowest BCUT2D eigenvalue weighted by molar-refractivity contribution is -0.151. The molecule has 0 saturated carbocycles. The van der Waals surface area contributed by atoms with Crippen molar-refractivity contribution in [3.8, 4) is 16.9 Å². The molecule has 0 spiro atoms. The molecule has 0 bridgehead atoms. The number of fused-ring (bicyclic) bond motifs is 3. The van der Waals surface area contributed by atoms with Crippen LogP contribution in [0.15, 0.2) is 42.5 Å². The first-order valence-corrected chi connectivity index (χ1v) is 6.43. The Kier molecular flexibility index (Phi) is 3.14. The predicted octanol–water partition coefficient (Wildman–Crippen LogP) is 3.49. The minimum Gasteiger partial charge on any atom is -0.473 e. The van der Waals surface area contributed by atoms with Crippen LogP contribution >= 0.6 is 0 Å². The van der Waals surface area contributed by atoms with Gasteiger partial charge in [-0.1, -0.05) is 24.3 Å². The van der Waals surface area contributed by atoms with E-state index in [0.29, 0.717) is 16.9 Å². The summed E-state index contributed by atoms with van der Waals surface area (Å²) in [5, 5.41) is 0. The van der Waals surface area contributed by atoms with E-state index in [1.54, 1.807) is 13.0 Å². The molecule has 0 aromatic heterocycles. The molecule has 20 heavy (non-hydrogen) atoms. The largest absolute Gasteiger partial charge is 0.473 e. The van der Waals surface area contributed by atoms with E-state index in [4.69, 9.17) is 9.47 Å². The summed E-state index contributed by atoms with van der Waals surface area (Å²) < 4.78 is 24.1. The maximum Gasteiger partial charge on any atom is 0.352 e. The van der Waals surface area contributed by atoms with Crippen molar-refractivity contribution in [1.82, 2.24) is 0 Å². The number of rotatable bonds is 2. The van der Waals surface area contributed by atoms with Gasteiger partial charge in [-0.15, -0.1) is 0 Å². The second kappa shape index (κ2) is 4.96. The Bertz CT molecular complexity index is 667. The highest BCUT2D eigenvalue weighted by Crippen LogP contribution is 2.42. The first kappa shape index (κ1) is 12.7. The summed E-state index contributed by atoms with van der Waals surface area (Å²) in [6.45, 7) is 2.03. The summed E-state index contributed by atoms with van der Waals surface area (Å²) in [5.74, 6) is -0.283. The van der Waals surface area contributed by atoms with Crippen molar-refractivity contribution in [3.63, 3.8) is 0 Å². The van der Waals surface area contributed by atoms with E-state index in [1.807, 2.05) is 18.2 Å². The Morgan fingerprint density at radius 3 is 2.85 bits per heavy atom. The minimum atomic E-state index is -0.802. The fourth-order valence-electron chi connectivity index (χ4n) is 2.37. The molecule has 0 radical (unpaired) electrons. The van der Waals surface area contributed by atoms with Crippen LogP contribution in [0.4, 0.5) is 4.39 Å². The molecule has 2 aromatic rings. The average molecular weight is 272 g/mol. The molecular weight excluding hydrogens is 259 g/mol. The molecule has 0 fully saturated rings. The number of hydrogen-bond acceptors (Lipinski definition) is 3. The highest BCUT2D eigenvalue weighted by Gasteiger charge is 2.32. The number of carbonyl (C=O) groups is 1. The fraction of sp³-hybridized carbons (Fsp3) is 0.188. The first-order valence-electron chi connectivity index (χ1n) is 6.43. The Balaban J connectivity index is 2.13. The van der Waals surface area contributed by atoms with Gasteiger partial charge in [0.2, 0.25) is 6.10 Å². The van der Waals surface area contributed by atoms with Gasteiger partial charge >= 0.3 is 5.97 Å². The third kappa shape index (κ3) is 2.03. The smallest absolute Gasteiger partial charge is 0.352 e. The van der Waals surface area contributed by atoms with Crippen LogP contribution in [-0.2, 0) is 9.53 Å². The molecule has 1 unspecified atom stereocenters. The van der Waals surface area contributed by atoms with Crippen molar-refractivity contribution >= 4 is 5.97 Å². The third-order valence-electron chi connectivity index (χ3n) is 3.22. The van der Waals surface area contributed by atoms with Crippen molar-refractivity contribution in [1.29, 1.82) is 0 Å². The number of carbonyl (C=O) groups excluding carboxylic acids is 1. The lowest BCUT2D eigenvalue weighted by Crippen LogP contribution is -2.24. The molecule has 1 aliphatic heterocycles. The van der Waals surface area contributed by atoms with Crippen LogP contribution in [0.5, 0.6) is 5.75 Å². The quantitative estimate of drug-likeness (QED) is 0.785. The van der Waals surface area contributed by atoms with Crippen molar-refractivity contribution in [2.45, 2.75) is 13.0 Å². The van der Waals surface area contributed by atoms with E-state index in [2.05, 4.69) is 0 Å². The third-order valence-corrected chi connectivity index (χ3v) is 3.22. The molecule has 1 aliphatic rings. The van der Waals surface area contributed by atoms with Gasteiger partial charge in [-0.05, 0) is 30.7 Å². The van der Waals surface area contributed by atoms with Crippen LogP contribution in [0.2, 0.25) is 0 Å². The van der Waals surface area contributed by atoms with Crippen molar-refractivity contribution in [2.75, 3.05) is 6.61 Å². The molecule has 0 amide bonds. The molecule has 102 valence electrons. The average Bonchev–Trinajstić information content (AvgIpc) is 2.47. The van der Waals surface area contributed by atoms with Gasteiger partial charge in [0.25, 0.3) is 0 Å². The Hall–Kier alpha value is -2.36. The van der Waals surface area contributed by atoms with Gasteiger partial charge in [0.15, 0.2) is 0 Å². The van der Waals surface area contributed by atoms with E-state index >= 15 is 0 Å². The maximum absolute atomic E-state index is 13.4. The summed E-state index contributed by atoms with van der Waals surface area (Å²) in [6, 6.07) is 11.6. The second-order valence-corrected chi connectivity index (χ2v) is 4.48. The summed E-state index contributed by atoms with van der Waals surface area (Å²) in [7, 11) is 0. The van der Waals surface area contributed by atoms with Crippen molar-refractivity contribution in [3.05, 3.63) is 53.8 Å². The molecular formula is C16H13FO3. The van der Waals surface area contributed by atoms with Gasteiger partial charge in [-0.2, -0.15) is 0 Å². The van der Waals surface area contributed by atoms with Crippen LogP contribution in [0.25, 0.3) is 11.1 Å². The summed E-state index contributed by atoms with van der Waals surface area (Å²) >= 11 is 0. The van der Waals surface area contributed by atoms with Crippen LogP contribution in [-0.4, -0.2) is 12.6 Å².